The van der Waals surface area contributed by atoms with Crippen LogP contribution in [0.5, 0.6) is 0 Å². The summed E-state index contributed by atoms with van der Waals surface area (Å²) in [5.74, 6) is 0.0822. The highest BCUT2D eigenvalue weighted by atomic mass is 32.2. The van der Waals surface area contributed by atoms with Crippen LogP contribution in [0.3, 0.4) is 0 Å². The zero-order valence-corrected chi connectivity index (χ0v) is 10.7. The van der Waals surface area contributed by atoms with Crippen molar-refractivity contribution in [2.45, 2.75) is 31.6 Å². The Kier molecular flexibility index (Phi) is 4.10. The van der Waals surface area contributed by atoms with Gasteiger partial charge in [-0.1, -0.05) is 26.0 Å². The summed E-state index contributed by atoms with van der Waals surface area (Å²) in [6.45, 7) is 5.47. The highest BCUT2D eigenvalue weighted by Crippen LogP contribution is 2.22. The summed E-state index contributed by atoms with van der Waals surface area (Å²) in [6.07, 6.45) is 0. The van der Waals surface area contributed by atoms with E-state index in [0.29, 0.717) is 10.8 Å². The third kappa shape index (κ3) is 2.83. The second kappa shape index (κ2) is 4.97. The van der Waals surface area contributed by atoms with Crippen LogP contribution in [-0.4, -0.2) is 25.9 Å². The lowest BCUT2D eigenvalue weighted by atomic mass is 10.0. The molecule has 90 valence electrons. The molecule has 1 aromatic rings. The van der Waals surface area contributed by atoms with E-state index < -0.39 is 9.84 Å². The Bertz CT molecular complexity index is 461. The number of benzene rings is 1. The van der Waals surface area contributed by atoms with Gasteiger partial charge in [-0.15, -0.1) is 0 Å². The molecule has 0 aromatic heterocycles. The standard InChI is InChI=1S/C12H18O3S/c1-9(2)11-5-4-10(3)12(8-11)16(14,15)7-6-13/h4-5,8-9,13H,6-7H2,1-3H3. The van der Waals surface area contributed by atoms with E-state index in [1.807, 2.05) is 26.0 Å². The first-order chi connectivity index (χ1) is 7.38. The molecule has 0 radical (unpaired) electrons. The Balaban J connectivity index is 3.27. The first kappa shape index (κ1) is 13.2. The zero-order chi connectivity index (χ0) is 12.3. The lowest BCUT2D eigenvalue weighted by Crippen LogP contribution is -2.12. The van der Waals surface area contributed by atoms with Crippen molar-refractivity contribution >= 4 is 9.84 Å². The van der Waals surface area contributed by atoms with E-state index in [9.17, 15) is 8.42 Å². The second-order valence-corrected chi connectivity index (χ2v) is 6.30. The lowest BCUT2D eigenvalue weighted by molar-refractivity contribution is 0.319. The minimum Gasteiger partial charge on any atom is -0.395 e. The van der Waals surface area contributed by atoms with Crippen molar-refractivity contribution in [2.75, 3.05) is 12.4 Å². The summed E-state index contributed by atoms with van der Waals surface area (Å²) >= 11 is 0. The number of aliphatic hydroxyl groups excluding tert-OH is 1. The highest BCUT2D eigenvalue weighted by molar-refractivity contribution is 7.91. The molecule has 0 bridgehead atoms. The van der Waals surface area contributed by atoms with Gasteiger partial charge in [0.25, 0.3) is 0 Å². The van der Waals surface area contributed by atoms with E-state index >= 15 is 0 Å². The van der Waals surface area contributed by atoms with Crippen LogP contribution in [0.4, 0.5) is 0 Å². The summed E-state index contributed by atoms with van der Waals surface area (Å²) in [5.41, 5.74) is 1.74. The molecule has 0 atom stereocenters. The molecule has 0 fully saturated rings. The molecule has 0 spiro atoms. The number of sulfone groups is 1. The molecule has 0 saturated carbocycles. The van der Waals surface area contributed by atoms with Crippen LogP contribution in [0, 0.1) is 6.92 Å². The minimum atomic E-state index is -3.35. The molecule has 0 aliphatic carbocycles. The quantitative estimate of drug-likeness (QED) is 0.877. The maximum absolute atomic E-state index is 11.9. The third-order valence-electron chi connectivity index (χ3n) is 2.57. The van der Waals surface area contributed by atoms with Gasteiger partial charge in [-0.05, 0) is 30.0 Å². The zero-order valence-electron chi connectivity index (χ0n) is 9.90. The van der Waals surface area contributed by atoms with Gasteiger partial charge in [0.15, 0.2) is 9.84 Å². The molecule has 4 heteroatoms. The monoisotopic (exact) mass is 242 g/mol. The van der Waals surface area contributed by atoms with Crippen LogP contribution in [0.2, 0.25) is 0 Å². The molecule has 0 amide bonds. The van der Waals surface area contributed by atoms with E-state index in [0.717, 1.165) is 11.1 Å². The Morgan fingerprint density at radius 2 is 1.94 bits per heavy atom. The minimum absolute atomic E-state index is 0.213. The summed E-state index contributed by atoms with van der Waals surface area (Å²) in [6, 6.07) is 5.47. The van der Waals surface area contributed by atoms with Crippen molar-refractivity contribution in [3.05, 3.63) is 29.3 Å². The van der Waals surface area contributed by atoms with Crippen molar-refractivity contribution < 1.29 is 13.5 Å². The van der Waals surface area contributed by atoms with Gasteiger partial charge in [0.2, 0.25) is 0 Å². The van der Waals surface area contributed by atoms with E-state index in [2.05, 4.69) is 0 Å². The summed E-state index contributed by atoms with van der Waals surface area (Å²) < 4.78 is 23.7. The van der Waals surface area contributed by atoms with Crippen molar-refractivity contribution in [3.63, 3.8) is 0 Å². The molecule has 0 saturated heterocycles. The van der Waals surface area contributed by atoms with Crippen molar-refractivity contribution in [2.24, 2.45) is 0 Å². The topological polar surface area (TPSA) is 54.4 Å². The number of hydrogen-bond acceptors (Lipinski definition) is 3. The van der Waals surface area contributed by atoms with Crippen molar-refractivity contribution in [1.82, 2.24) is 0 Å². The molecule has 1 rings (SSSR count). The van der Waals surface area contributed by atoms with Gasteiger partial charge < -0.3 is 5.11 Å². The number of hydrogen-bond donors (Lipinski definition) is 1. The van der Waals surface area contributed by atoms with Crippen LogP contribution in [0.1, 0.15) is 30.9 Å². The largest absolute Gasteiger partial charge is 0.395 e. The SMILES string of the molecule is Cc1ccc(C(C)C)cc1S(=O)(=O)CCO. The maximum Gasteiger partial charge on any atom is 0.180 e. The first-order valence-electron chi connectivity index (χ1n) is 5.32. The number of aliphatic hydroxyl groups is 1. The van der Waals surface area contributed by atoms with Gasteiger partial charge >= 0.3 is 0 Å². The predicted octanol–water partition coefficient (Wildman–Crippen LogP) is 1.88. The summed E-state index contributed by atoms with van der Waals surface area (Å²) in [4.78, 5) is 0.341. The molecule has 1 aromatic carbocycles. The Labute approximate surface area is 97.0 Å². The van der Waals surface area contributed by atoms with Gasteiger partial charge in [0.05, 0.1) is 17.3 Å². The molecule has 16 heavy (non-hydrogen) atoms. The average Bonchev–Trinajstić information content (AvgIpc) is 2.17. The van der Waals surface area contributed by atoms with Crippen LogP contribution in [0.15, 0.2) is 23.1 Å². The Morgan fingerprint density at radius 3 is 2.44 bits per heavy atom. The average molecular weight is 242 g/mol. The van der Waals surface area contributed by atoms with E-state index in [4.69, 9.17) is 5.11 Å². The van der Waals surface area contributed by atoms with Crippen LogP contribution < -0.4 is 0 Å². The van der Waals surface area contributed by atoms with Gasteiger partial charge in [-0.2, -0.15) is 0 Å². The molecule has 3 nitrogen and oxygen atoms in total. The molecule has 1 N–H and O–H groups in total. The third-order valence-corrected chi connectivity index (χ3v) is 4.40. The Morgan fingerprint density at radius 1 is 1.31 bits per heavy atom. The molecule has 0 aliphatic heterocycles. The molecular weight excluding hydrogens is 224 g/mol. The van der Waals surface area contributed by atoms with Crippen molar-refractivity contribution in [1.29, 1.82) is 0 Å². The predicted molar refractivity (Wildman–Crippen MR) is 64.4 cm³/mol. The van der Waals surface area contributed by atoms with Gasteiger partial charge in [-0.3, -0.25) is 0 Å². The van der Waals surface area contributed by atoms with E-state index in [1.165, 1.54) is 0 Å². The first-order valence-corrected chi connectivity index (χ1v) is 6.98. The van der Waals surface area contributed by atoms with E-state index in [-0.39, 0.29) is 12.4 Å². The molecule has 0 heterocycles. The fraction of sp³-hybridized carbons (Fsp3) is 0.500. The smallest absolute Gasteiger partial charge is 0.180 e. The number of aryl methyl sites for hydroxylation is 1. The lowest BCUT2D eigenvalue weighted by Gasteiger charge is -2.11. The number of rotatable bonds is 4. The highest BCUT2D eigenvalue weighted by Gasteiger charge is 2.17. The van der Waals surface area contributed by atoms with Crippen molar-refractivity contribution in [3.8, 4) is 0 Å². The summed E-state index contributed by atoms with van der Waals surface area (Å²) in [5, 5.41) is 8.75. The van der Waals surface area contributed by atoms with Crippen LogP contribution in [0.25, 0.3) is 0 Å². The maximum atomic E-state index is 11.9. The summed E-state index contributed by atoms with van der Waals surface area (Å²) in [7, 11) is -3.35. The van der Waals surface area contributed by atoms with Crippen LogP contribution >= 0.6 is 0 Å². The normalized spacial score (nSPS) is 12.1. The van der Waals surface area contributed by atoms with Gasteiger partial charge in [0.1, 0.15) is 0 Å². The van der Waals surface area contributed by atoms with E-state index in [1.54, 1.807) is 13.0 Å². The Hall–Kier alpha value is -0.870. The fourth-order valence-corrected chi connectivity index (χ4v) is 2.88. The van der Waals surface area contributed by atoms with Crippen LogP contribution in [-0.2, 0) is 9.84 Å². The molecule has 0 unspecified atom stereocenters. The molecular formula is C12H18O3S. The fourth-order valence-electron chi connectivity index (χ4n) is 1.54. The van der Waals surface area contributed by atoms with Gasteiger partial charge in [-0.25, -0.2) is 8.42 Å². The molecule has 0 aliphatic rings. The van der Waals surface area contributed by atoms with Gasteiger partial charge in [0, 0.05) is 0 Å². The second-order valence-electron chi connectivity index (χ2n) is 4.22.